The molecule has 18 heavy (non-hydrogen) atoms. The highest BCUT2D eigenvalue weighted by molar-refractivity contribution is 7.11. The van der Waals surface area contributed by atoms with Crippen molar-refractivity contribution in [1.29, 1.82) is 5.26 Å². The van der Waals surface area contributed by atoms with Gasteiger partial charge in [-0.05, 0) is 32.0 Å². The minimum atomic E-state index is 0.596. The van der Waals surface area contributed by atoms with Crippen LogP contribution in [0.15, 0.2) is 18.2 Å². The summed E-state index contributed by atoms with van der Waals surface area (Å²) >= 11 is 7.75. The van der Waals surface area contributed by atoms with Gasteiger partial charge in [0, 0.05) is 4.88 Å². The van der Waals surface area contributed by atoms with Crippen molar-refractivity contribution in [3.8, 4) is 6.07 Å². The molecule has 0 amide bonds. The molecule has 0 bridgehead atoms. The Hall–Kier alpha value is -1.57. The summed E-state index contributed by atoms with van der Waals surface area (Å²) in [4.78, 5) is 5.56. The minimum absolute atomic E-state index is 0.596. The van der Waals surface area contributed by atoms with E-state index in [4.69, 9.17) is 16.9 Å². The number of thiazole rings is 1. The van der Waals surface area contributed by atoms with Gasteiger partial charge in [-0.25, -0.2) is 4.98 Å². The molecule has 1 heterocycles. The molecule has 0 saturated carbocycles. The van der Waals surface area contributed by atoms with Crippen molar-refractivity contribution in [2.45, 2.75) is 20.4 Å². The molecule has 0 saturated heterocycles. The highest BCUT2D eigenvalue weighted by Crippen LogP contribution is 2.25. The molecule has 2 rings (SSSR count). The smallest absolute Gasteiger partial charge is 0.0992 e. The molecule has 0 radical (unpaired) electrons. The fraction of sp³-hybridized carbons (Fsp3) is 0.231. The van der Waals surface area contributed by atoms with Gasteiger partial charge in [0.05, 0.1) is 39.6 Å². The second kappa shape index (κ2) is 5.38. The lowest BCUT2D eigenvalue weighted by molar-refractivity contribution is 1.11. The van der Waals surface area contributed by atoms with Crippen molar-refractivity contribution in [3.05, 3.63) is 44.4 Å². The predicted octanol–water partition coefficient (Wildman–Crippen LogP) is 3.90. The van der Waals surface area contributed by atoms with Crippen LogP contribution in [-0.2, 0) is 6.54 Å². The number of anilines is 1. The molecule has 1 aromatic heterocycles. The number of hydrogen-bond acceptors (Lipinski definition) is 4. The van der Waals surface area contributed by atoms with E-state index in [1.165, 1.54) is 4.88 Å². The van der Waals surface area contributed by atoms with Crippen molar-refractivity contribution in [2.24, 2.45) is 0 Å². The van der Waals surface area contributed by atoms with Crippen LogP contribution in [0.5, 0.6) is 0 Å². The summed E-state index contributed by atoms with van der Waals surface area (Å²) in [5.74, 6) is 0. The lowest BCUT2D eigenvalue weighted by atomic mass is 10.2. The third-order valence-electron chi connectivity index (χ3n) is 2.53. The number of rotatable bonds is 3. The van der Waals surface area contributed by atoms with Gasteiger partial charge in [-0.15, -0.1) is 11.3 Å². The molecule has 0 fully saturated rings. The summed E-state index contributed by atoms with van der Waals surface area (Å²) in [5.41, 5.74) is 2.41. The molecule has 0 atom stereocenters. The average Bonchev–Trinajstić information content (AvgIpc) is 2.67. The van der Waals surface area contributed by atoms with Crippen molar-refractivity contribution in [3.63, 3.8) is 0 Å². The van der Waals surface area contributed by atoms with Crippen molar-refractivity contribution >= 4 is 28.6 Å². The first-order chi connectivity index (χ1) is 8.60. The van der Waals surface area contributed by atoms with Crippen LogP contribution in [-0.4, -0.2) is 4.98 Å². The van der Waals surface area contributed by atoms with Crippen molar-refractivity contribution < 1.29 is 0 Å². The molecular formula is C13H12ClN3S. The first-order valence-electron chi connectivity index (χ1n) is 5.46. The second-order valence-corrected chi connectivity index (χ2v) is 5.60. The first-order valence-corrected chi connectivity index (χ1v) is 6.66. The molecule has 0 aliphatic carbocycles. The highest BCUT2D eigenvalue weighted by atomic mass is 35.5. The molecule has 92 valence electrons. The summed E-state index contributed by atoms with van der Waals surface area (Å²) in [6, 6.07) is 7.29. The van der Waals surface area contributed by atoms with E-state index >= 15 is 0 Å². The molecule has 3 nitrogen and oxygen atoms in total. The van der Waals surface area contributed by atoms with E-state index in [1.54, 1.807) is 29.5 Å². The fourth-order valence-corrected chi connectivity index (χ4v) is 2.70. The number of aromatic nitrogens is 1. The van der Waals surface area contributed by atoms with Gasteiger partial charge in [0.15, 0.2) is 0 Å². The SMILES string of the molecule is Cc1nc(C)c(CNc2cc(C#N)ccc2Cl)s1. The molecule has 5 heteroatoms. The number of nitrogens with one attached hydrogen (secondary N) is 1. The van der Waals surface area contributed by atoms with E-state index in [0.717, 1.165) is 16.4 Å². The van der Waals surface area contributed by atoms with Gasteiger partial charge in [0.1, 0.15) is 0 Å². The minimum Gasteiger partial charge on any atom is -0.379 e. The number of nitriles is 1. The first kappa shape index (κ1) is 12.9. The Morgan fingerprint density at radius 2 is 2.22 bits per heavy atom. The fourth-order valence-electron chi connectivity index (χ4n) is 1.64. The molecule has 0 aliphatic heterocycles. The summed E-state index contributed by atoms with van der Waals surface area (Å²) < 4.78 is 0. The average molecular weight is 278 g/mol. The standard InChI is InChI=1S/C13H12ClN3S/c1-8-13(18-9(2)17-8)7-16-12-5-10(6-15)3-4-11(12)14/h3-5,16H,7H2,1-2H3. The van der Waals surface area contributed by atoms with Gasteiger partial charge >= 0.3 is 0 Å². The van der Waals surface area contributed by atoms with Gasteiger partial charge in [0.25, 0.3) is 0 Å². The quantitative estimate of drug-likeness (QED) is 0.926. The van der Waals surface area contributed by atoms with Crippen LogP contribution in [0.25, 0.3) is 0 Å². The van der Waals surface area contributed by atoms with E-state index in [0.29, 0.717) is 17.1 Å². The molecule has 2 aromatic rings. The Balaban J connectivity index is 2.15. The monoisotopic (exact) mass is 277 g/mol. The third kappa shape index (κ3) is 2.81. The zero-order valence-corrected chi connectivity index (χ0v) is 11.7. The van der Waals surface area contributed by atoms with E-state index in [-0.39, 0.29) is 0 Å². The van der Waals surface area contributed by atoms with Crippen LogP contribution in [0.4, 0.5) is 5.69 Å². The number of benzene rings is 1. The third-order valence-corrected chi connectivity index (χ3v) is 3.94. The zero-order chi connectivity index (χ0) is 13.1. The van der Waals surface area contributed by atoms with Crippen LogP contribution in [0, 0.1) is 25.2 Å². The second-order valence-electron chi connectivity index (χ2n) is 3.90. The van der Waals surface area contributed by atoms with E-state index in [1.807, 2.05) is 13.8 Å². The summed E-state index contributed by atoms with van der Waals surface area (Å²) in [6.45, 7) is 4.66. The zero-order valence-electron chi connectivity index (χ0n) is 10.1. The normalized spacial score (nSPS) is 10.1. The lowest BCUT2D eigenvalue weighted by Gasteiger charge is -2.07. The van der Waals surface area contributed by atoms with E-state index < -0.39 is 0 Å². The van der Waals surface area contributed by atoms with Gasteiger partial charge in [-0.1, -0.05) is 11.6 Å². The summed E-state index contributed by atoms with van der Waals surface area (Å²) in [6.07, 6.45) is 0. The number of aryl methyl sites for hydroxylation is 2. The van der Waals surface area contributed by atoms with Gasteiger partial charge in [-0.2, -0.15) is 5.26 Å². The Morgan fingerprint density at radius 1 is 1.44 bits per heavy atom. The molecule has 0 unspecified atom stereocenters. The molecule has 0 aliphatic rings. The topological polar surface area (TPSA) is 48.7 Å². The van der Waals surface area contributed by atoms with Crippen LogP contribution < -0.4 is 5.32 Å². The predicted molar refractivity (Wildman–Crippen MR) is 75.1 cm³/mol. The number of nitrogens with zero attached hydrogens (tertiary/aromatic N) is 2. The number of halogens is 1. The summed E-state index contributed by atoms with van der Waals surface area (Å²) in [5, 5.41) is 13.8. The van der Waals surface area contributed by atoms with E-state index in [2.05, 4.69) is 16.4 Å². The maximum Gasteiger partial charge on any atom is 0.0992 e. The molecular weight excluding hydrogens is 266 g/mol. The highest BCUT2D eigenvalue weighted by Gasteiger charge is 2.06. The Labute approximate surface area is 115 Å². The van der Waals surface area contributed by atoms with Crippen molar-refractivity contribution in [2.75, 3.05) is 5.32 Å². The Kier molecular flexibility index (Phi) is 3.85. The van der Waals surface area contributed by atoms with E-state index in [9.17, 15) is 0 Å². The number of hydrogen-bond donors (Lipinski definition) is 1. The van der Waals surface area contributed by atoms with Crippen LogP contribution >= 0.6 is 22.9 Å². The van der Waals surface area contributed by atoms with Gasteiger partial charge in [0.2, 0.25) is 0 Å². The van der Waals surface area contributed by atoms with Crippen LogP contribution in [0.3, 0.4) is 0 Å². The van der Waals surface area contributed by atoms with Crippen LogP contribution in [0.2, 0.25) is 5.02 Å². The molecule has 0 spiro atoms. The molecule has 1 aromatic carbocycles. The summed E-state index contributed by atoms with van der Waals surface area (Å²) in [7, 11) is 0. The Morgan fingerprint density at radius 3 is 2.83 bits per heavy atom. The van der Waals surface area contributed by atoms with Crippen LogP contribution in [0.1, 0.15) is 21.1 Å². The maximum absolute atomic E-state index is 8.86. The Bertz CT molecular complexity index is 613. The maximum atomic E-state index is 8.86. The molecule has 1 N–H and O–H groups in total. The van der Waals surface area contributed by atoms with Gasteiger partial charge < -0.3 is 5.32 Å². The van der Waals surface area contributed by atoms with Gasteiger partial charge in [-0.3, -0.25) is 0 Å². The largest absolute Gasteiger partial charge is 0.379 e. The van der Waals surface area contributed by atoms with Crippen molar-refractivity contribution in [1.82, 2.24) is 4.98 Å². The lowest BCUT2D eigenvalue weighted by Crippen LogP contribution is -2.00.